The molecule has 2 unspecified atom stereocenters. The summed E-state index contributed by atoms with van der Waals surface area (Å²) in [6.45, 7) is 5.35. The molecule has 8 heteroatoms. The number of sulfonamides is 1. The Labute approximate surface area is 148 Å². The SMILES string of the molecule is COc1ccc(C(=O)N2CCNC(C)C2C)cc1S(=O)(=O)NC1CC1. The number of carbonyl (C=O) groups is 1. The number of hydrogen-bond acceptors (Lipinski definition) is 5. The highest BCUT2D eigenvalue weighted by Gasteiger charge is 2.32. The molecule has 0 radical (unpaired) electrons. The molecule has 1 aromatic carbocycles. The minimum Gasteiger partial charge on any atom is -0.495 e. The van der Waals surface area contributed by atoms with Crippen molar-refractivity contribution < 1.29 is 17.9 Å². The summed E-state index contributed by atoms with van der Waals surface area (Å²) in [6, 6.07) is 4.80. The van der Waals surface area contributed by atoms with Crippen LogP contribution >= 0.6 is 0 Å². The average Bonchev–Trinajstić information content (AvgIpc) is 3.39. The van der Waals surface area contributed by atoms with E-state index in [9.17, 15) is 13.2 Å². The molecule has 2 N–H and O–H groups in total. The Bertz CT molecular complexity index is 761. The molecule has 7 nitrogen and oxygen atoms in total. The van der Waals surface area contributed by atoms with Gasteiger partial charge in [0, 0.05) is 36.8 Å². The minimum absolute atomic E-state index is 0.0110. The zero-order chi connectivity index (χ0) is 18.2. The summed E-state index contributed by atoms with van der Waals surface area (Å²) in [5.41, 5.74) is 0.359. The number of ether oxygens (including phenoxy) is 1. The second kappa shape index (κ2) is 6.93. The summed E-state index contributed by atoms with van der Waals surface area (Å²) >= 11 is 0. The molecule has 1 saturated carbocycles. The lowest BCUT2D eigenvalue weighted by Crippen LogP contribution is -2.57. The first-order valence-electron chi connectivity index (χ1n) is 8.58. The Hall–Kier alpha value is -1.64. The van der Waals surface area contributed by atoms with Gasteiger partial charge >= 0.3 is 0 Å². The summed E-state index contributed by atoms with van der Waals surface area (Å²) in [5.74, 6) is 0.0813. The number of nitrogens with zero attached hydrogens (tertiary/aromatic N) is 1. The molecular weight excluding hydrogens is 342 g/mol. The van der Waals surface area contributed by atoms with E-state index in [1.54, 1.807) is 17.0 Å². The van der Waals surface area contributed by atoms with E-state index in [-0.39, 0.29) is 34.7 Å². The van der Waals surface area contributed by atoms with Gasteiger partial charge < -0.3 is 15.0 Å². The highest BCUT2D eigenvalue weighted by Crippen LogP contribution is 2.29. The van der Waals surface area contributed by atoms with Crippen molar-refractivity contribution in [2.45, 2.75) is 49.7 Å². The fourth-order valence-electron chi connectivity index (χ4n) is 3.01. The molecule has 2 atom stereocenters. The molecule has 25 heavy (non-hydrogen) atoms. The Morgan fingerprint density at radius 2 is 2.04 bits per heavy atom. The zero-order valence-electron chi connectivity index (χ0n) is 14.8. The maximum Gasteiger partial charge on any atom is 0.254 e. The van der Waals surface area contributed by atoms with Crippen LogP contribution in [0.5, 0.6) is 5.75 Å². The van der Waals surface area contributed by atoms with Crippen LogP contribution in [0, 0.1) is 0 Å². The highest BCUT2D eigenvalue weighted by atomic mass is 32.2. The second-order valence-electron chi connectivity index (χ2n) is 6.74. The van der Waals surface area contributed by atoms with Crippen LogP contribution in [0.2, 0.25) is 0 Å². The number of rotatable bonds is 5. The predicted molar refractivity (Wildman–Crippen MR) is 94.3 cm³/mol. The predicted octanol–water partition coefficient (Wildman–Crippen LogP) is 0.958. The van der Waals surface area contributed by atoms with E-state index in [1.807, 2.05) is 13.8 Å². The molecule has 2 fully saturated rings. The third kappa shape index (κ3) is 3.80. The van der Waals surface area contributed by atoms with Crippen molar-refractivity contribution in [1.82, 2.24) is 14.9 Å². The monoisotopic (exact) mass is 367 g/mol. The number of piperazine rings is 1. The van der Waals surface area contributed by atoms with E-state index in [1.165, 1.54) is 13.2 Å². The Kier molecular flexibility index (Phi) is 5.04. The summed E-state index contributed by atoms with van der Waals surface area (Å²) in [7, 11) is -2.29. The lowest BCUT2D eigenvalue weighted by molar-refractivity contribution is 0.0602. The van der Waals surface area contributed by atoms with E-state index in [2.05, 4.69) is 10.0 Å². The lowest BCUT2D eigenvalue weighted by Gasteiger charge is -2.38. The quantitative estimate of drug-likeness (QED) is 0.809. The first kappa shape index (κ1) is 18.2. The van der Waals surface area contributed by atoms with Crippen LogP contribution in [-0.2, 0) is 10.0 Å². The van der Waals surface area contributed by atoms with Crippen LogP contribution in [0.15, 0.2) is 23.1 Å². The Morgan fingerprint density at radius 3 is 2.68 bits per heavy atom. The molecule has 2 aliphatic rings. The molecule has 0 aromatic heterocycles. The maximum absolute atomic E-state index is 12.9. The Morgan fingerprint density at radius 1 is 1.32 bits per heavy atom. The average molecular weight is 367 g/mol. The van der Waals surface area contributed by atoms with Gasteiger partial charge in [-0.1, -0.05) is 0 Å². The van der Waals surface area contributed by atoms with E-state index in [0.717, 1.165) is 19.4 Å². The van der Waals surface area contributed by atoms with Gasteiger partial charge in [0.05, 0.1) is 7.11 Å². The van der Waals surface area contributed by atoms with Crippen LogP contribution < -0.4 is 14.8 Å². The molecule has 0 bridgehead atoms. The summed E-state index contributed by atoms with van der Waals surface area (Å²) < 4.78 is 33.0. The number of benzene rings is 1. The lowest BCUT2D eigenvalue weighted by atomic mass is 10.1. The number of nitrogens with one attached hydrogen (secondary N) is 2. The second-order valence-corrected chi connectivity index (χ2v) is 8.43. The maximum atomic E-state index is 12.9. The van der Waals surface area contributed by atoms with Gasteiger partial charge in [0.1, 0.15) is 10.6 Å². The van der Waals surface area contributed by atoms with Crippen molar-refractivity contribution in [2.75, 3.05) is 20.2 Å². The fraction of sp³-hybridized carbons (Fsp3) is 0.588. The van der Waals surface area contributed by atoms with Gasteiger partial charge in [-0.3, -0.25) is 4.79 Å². The van der Waals surface area contributed by atoms with E-state index < -0.39 is 10.0 Å². The molecule has 138 valence electrons. The van der Waals surface area contributed by atoms with Crippen molar-refractivity contribution in [3.63, 3.8) is 0 Å². The number of amides is 1. The van der Waals surface area contributed by atoms with Crippen molar-refractivity contribution in [1.29, 1.82) is 0 Å². The third-order valence-corrected chi connectivity index (χ3v) is 6.44. The standard InChI is InChI=1S/C17H25N3O4S/c1-11-12(2)20(9-8-18-11)17(21)13-4-7-15(24-3)16(10-13)25(22,23)19-14-5-6-14/h4,7,10-12,14,18-19H,5-6,8-9H2,1-3H3. The van der Waals surface area contributed by atoms with Gasteiger partial charge in [-0.25, -0.2) is 13.1 Å². The van der Waals surface area contributed by atoms with Crippen LogP contribution in [0.4, 0.5) is 0 Å². The zero-order valence-corrected chi connectivity index (χ0v) is 15.6. The smallest absolute Gasteiger partial charge is 0.254 e. The first-order chi connectivity index (χ1) is 11.8. The number of hydrogen-bond donors (Lipinski definition) is 2. The fourth-order valence-corrected chi connectivity index (χ4v) is 4.51. The van der Waals surface area contributed by atoms with Crippen molar-refractivity contribution in [3.8, 4) is 5.75 Å². The van der Waals surface area contributed by atoms with Crippen molar-refractivity contribution >= 4 is 15.9 Å². The largest absolute Gasteiger partial charge is 0.495 e. The molecular formula is C17H25N3O4S. The van der Waals surface area contributed by atoms with Gasteiger partial charge in [0.2, 0.25) is 10.0 Å². The van der Waals surface area contributed by atoms with Crippen LogP contribution in [0.3, 0.4) is 0 Å². The van der Waals surface area contributed by atoms with Gasteiger partial charge in [0.25, 0.3) is 5.91 Å². The summed E-state index contributed by atoms with van der Waals surface area (Å²) in [4.78, 5) is 14.7. The van der Waals surface area contributed by atoms with Crippen molar-refractivity contribution in [2.24, 2.45) is 0 Å². The van der Waals surface area contributed by atoms with Crippen LogP contribution in [0.1, 0.15) is 37.0 Å². The van der Waals surface area contributed by atoms with E-state index in [0.29, 0.717) is 12.1 Å². The topological polar surface area (TPSA) is 87.7 Å². The Balaban J connectivity index is 1.92. The summed E-state index contributed by atoms with van der Waals surface area (Å²) in [6.07, 6.45) is 1.69. The van der Waals surface area contributed by atoms with Gasteiger partial charge in [-0.15, -0.1) is 0 Å². The minimum atomic E-state index is -3.71. The summed E-state index contributed by atoms with van der Waals surface area (Å²) in [5, 5.41) is 3.33. The molecule has 1 saturated heterocycles. The van der Waals surface area contributed by atoms with Gasteiger partial charge in [-0.05, 0) is 44.9 Å². The van der Waals surface area contributed by atoms with E-state index >= 15 is 0 Å². The molecule has 1 aliphatic heterocycles. The van der Waals surface area contributed by atoms with E-state index in [4.69, 9.17) is 4.74 Å². The third-order valence-electron chi connectivity index (χ3n) is 4.89. The molecule has 1 amide bonds. The highest BCUT2D eigenvalue weighted by molar-refractivity contribution is 7.89. The molecule has 1 heterocycles. The van der Waals surface area contributed by atoms with Gasteiger partial charge in [-0.2, -0.15) is 0 Å². The molecule has 1 aliphatic carbocycles. The molecule has 3 rings (SSSR count). The van der Waals surface area contributed by atoms with Crippen molar-refractivity contribution in [3.05, 3.63) is 23.8 Å². The van der Waals surface area contributed by atoms with Crippen LogP contribution in [-0.4, -0.2) is 57.5 Å². The molecule has 0 spiro atoms. The first-order valence-corrected chi connectivity index (χ1v) is 10.1. The number of carbonyl (C=O) groups excluding carboxylic acids is 1. The number of methoxy groups -OCH3 is 1. The molecule has 1 aromatic rings. The van der Waals surface area contributed by atoms with Gasteiger partial charge in [0.15, 0.2) is 0 Å². The van der Waals surface area contributed by atoms with Crippen LogP contribution in [0.25, 0.3) is 0 Å². The normalized spacial score (nSPS) is 24.2.